The summed E-state index contributed by atoms with van der Waals surface area (Å²) >= 11 is 0. The van der Waals surface area contributed by atoms with E-state index in [1.54, 1.807) is 6.07 Å². The van der Waals surface area contributed by atoms with Crippen LogP contribution < -0.4 is 4.74 Å². The van der Waals surface area contributed by atoms with Gasteiger partial charge in [-0.25, -0.2) is 0 Å². The minimum absolute atomic E-state index is 0.0677. The summed E-state index contributed by atoms with van der Waals surface area (Å²) in [7, 11) is -2.05. The Morgan fingerprint density at radius 2 is 2.00 bits per heavy atom. The van der Waals surface area contributed by atoms with Crippen molar-refractivity contribution in [1.82, 2.24) is 0 Å². The van der Waals surface area contributed by atoms with Gasteiger partial charge in [0.05, 0.1) is 13.2 Å². The Bertz CT molecular complexity index is 816. The standard InChI is InChI=1S/C20H23O5P/c1-12-6-16(25-11-26(22)23)7-14-2-4-17(20(12)14)13-3-5-19(21)18(8-13)15-9-24-10-15/h3,5-8,15,17,21-23H,2,4,9-11H2,1H3. The smallest absolute Gasteiger partial charge is 0.205 e. The molecule has 0 saturated carbocycles. The first-order chi connectivity index (χ1) is 12.5. The molecule has 2 aromatic rings. The van der Waals surface area contributed by atoms with Gasteiger partial charge in [0.25, 0.3) is 0 Å². The second-order valence-corrected chi connectivity index (χ2v) is 8.11. The molecular weight excluding hydrogens is 351 g/mol. The highest BCUT2D eigenvalue weighted by Gasteiger charge is 2.29. The van der Waals surface area contributed by atoms with Gasteiger partial charge in [0.2, 0.25) is 8.38 Å². The second-order valence-electron chi connectivity index (χ2n) is 7.10. The summed E-state index contributed by atoms with van der Waals surface area (Å²) in [5.74, 6) is 1.65. The lowest BCUT2D eigenvalue weighted by Gasteiger charge is -2.28. The van der Waals surface area contributed by atoms with Gasteiger partial charge in [-0.3, -0.25) is 0 Å². The Labute approximate surface area is 154 Å². The van der Waals surface area contributed by atoms with Crippen molar-refractivity contribution in [3.63, 3.8) is 0 Å². The van der Waals surface area contributed by atoms with Gasteiger partial charge < -0.3 is 24.4 Å². The normalized spacial score (nSPS) is 19.5. The van der Waals surface area contributed by atoms with Crippen LogP contribution in [-0.2, 0) is 11.2 Å². The van der Waals surface area contributed by atoms with Gasteiger partial charge in [0.1, 0.15) is 11.5 Å². The van der Waals surface area contributed by atoms with Crippen molar-refractivity contribution >= 4 is 8.38 Å². The highest BCUT2D eigenvalue weighted by atomic mass is 31.2. The number of rotatable bonds is 5. The molecule has 1 aliphatic heterocycles. The zero-order valence-electron chi connectivity index (χ0n) is 14.7. The molecule has 0 amide bonds. The fourth-order valence-electron chi connectivity index (χ4n) is 4.07. The molecule has 3 N–H and O–H groups in total. The van der Waals surface area contributed by atoms with E-state index in [-0.39, 0.29) is 6.35 Å². The first kappa shape index (κ1) is 17.7. The van der Waals surface area contributed by atoms with Crippen LogP contribution in [0.2, 0.25) is 0 Å². The van der Waals surface area contributed by atoms with Crippen LogP contribution >= 0.6 is 8.38 Å². The molecule has 1 atom stereocenters. The van der Waals surface area contributed by atoms with Crippen LogP contribution in [0.4, 0.5) is 0 Å². The fraction of sp³-hybridized carbons (Fsp3) is 0.400. The average Bonchev–Trinajstić information content (AvgIpc) is 2.98. The second kappa shape index (κ2) is 7.16. The lowest BCUT2D eigenvalue weighted by Crippen LogP contribution is -2.25. The van der Waals surface area contributed by atoms with Gasteiger partial charge in [-0.2, -0.15) is 0 Å². The molecule has 0 radical (unpaired) electrons. The Morgan fingerprint density at radius 3 is 2.69 bits per heavy atom. The molecule has 1 saturated heterocycles. The third-order valence-electron chi connectivity index (χ3n) is 5.38. The van der Waals surface area contributed by atoms with Crippen molar-refractivity contribution in [2.24, 2.45) is 0 Å². The zero-order chi connectivity index (χ0) is 18.3. The molecule has 1 heterocycles. The molecule has 6 heteroatoms. The van der Waals surface area contributed by atoms with E-state index in [9.17, 15) is 5.11 Å². The average molecular weight is 374 g/mol. The lowest BCUT2D eigenvalue weighted by molar-refractivity contribution is 0.00750. The molecule has 1 unspecified atom stereocenters. The molecule has 0 aromatic heterocycles. The van der Waals surface area contributed by atoms with Crippen LogP contribution in [0.1, 0.15) is 46.1 Å². The van der Waals surface area contributed by atoms with E-state index in [0.29, 0.717) is 36.5 Å². The minimum atomic E-state index is -2.05. The van der Waals surface area contributed by atoms with Crippen molar-refractivity contribution in [2.75, 3.05) is 19.6 Å². The highest BCUT2D eigenvalue weighted by Crippen LogP contribution is 2.44. The topological polar surface area (TPSA) is 79.2 Å². The van der Waals surface area contributed by atoms with Gasteiger partial charge in [-0.15, -0.1) is 0 Å². The Balaban J connectivity index is 1.63. The molecule has 1 fully saturated rings. The summed E-state index contributed by atoms with van der Waals surface area (Å²) < 4.78 is 10.8. The number of phenols is 1. The van der Waals surface area contributed by atoms with Crippen LogP contribution in [0.15, 0.2) is 30.3 Å². The van der Waals surface area contributed by atoms with Crippen LogP contribution in [0.25, 0.3) is 0 Å². The molecule has 2 aromatic carbocycles. The number of aromatic hydroxyl groups is 1. The maximum Gasteiger partial charge on any atom is 0.205 e. The Morgan fingerprint density at radius 1 is 1.19 bits per heavy atom. The number of aryl methyl sites for hydroxylation is 2. The van der Waals surface area contributed by atoms with E-state index >= 15 is 0 Å². The van der Waals surface area contributed by atoms with Crippen LogP contribution in [0, 0.1) is 6.92 Å². The summed E-state index contributed by atoms with van der Waals surface area (Å²) in [6.45, 7) is 3.43. The summed E-state index contributed by atoms with van der Waals surface area (Å²) in [6.07, 6.45) is 1.92. The molecule has 2 aliphatic rings. The van der Waals surface area contributed by atoms with Gasteiger partial charge >= 0.3 is 0 Å². The molecular formula is C20H23O5P. The molecule has 5 nitrogen and oxygen atoms in total. The first-order valence-corrected chi connectivity index (χ1v) is 10.3. The largest absolute Gasteiger partial charge is 0.508 e. The quantitative estimate of drug-likeness (QED) is 0.698. The summed E-state index contributed by atoms with van der Waals surface area (Å²) in [6, 6.07) is 9.95. The van der Waals surface area contributed by atoms with E-state index in [0.717, 1.165) is 24.0 Å². The number of phenolic OH excluding ortho intramolecular Hbond substituents is 1. The van der Waals surface area contributed by atoms with Crippen molar-refractivity contribution in [3.05, 3.63) is 58.1 Å². The van der Waals surface area contributed by atoms with E-state index in [1.165, 1.54) is 16.7 Å². The van der Waals surface area contributed by atoms with Crippen LogP contribution in [-0.4, -0.2) is 34.5 Å². The van der Waals surface area contributed by atoms with Gasteiger partial charge in [-0.05, 0) is 60.2 Å². The van der Waals surface area contributed by atoms with E-state index in [4.69, 9.17) is 19.3 Å². The third kappa shape index (κ3) is 3.33. The van der Waals surface area contributed by atoms with E-state index in [1.807, 2.05) is 18.2 Å². The molecule has 1 aliphatic carbocycles. The third-order valence-corrected chi connectivity index (χ3v) is 5.74. The van der Waals surface area contributed by atoms with E-state index in [2.05, 4.69) is 13.0 Å². The van der Waals surface area contributed by atoms with Crippen LogP contribution in [0.3, 0.4) is 0 Å². The van der Waals surface area contributed by atoms with Crippen molar-refractivity contribution in [1.29, 1.82) is 0 Å². The fourth-order valence-corrected chi connectivity index (χ4v) is 4.33. The number of hydrogen-bond donors (Lipinski definition) is 3. The van der Waals surface area contributed by atoms with Gasteiger partial charge in [0, 0.05) is 17.4 Å². The number of hydrogen-bond acceptors (Lipinski definition) is 5. The number of fused-ring (bicyclic) bond motifs is 1. The SMILES string of the molecule is Cc1cc(OCP(O)O)cc2c1C(c1ccc(O)c(C3COC3)c1)CC2. The summed E-state index contributed by atoms with van der Waals surface area (Å²) in [5.41, 5.74) is 5.95. The van der Waals surface area contributed by atoms with Gasteiger partial charge in [0.15, 0.2) is 6.35 Å². The minimum Gasteiger partial charge on any atom is -0.508 e. The first-order valence-electron chi connectivity index (χ1n) is 8.85. The molecule has 138 valence electrons. The monoisotopic (exact) mass is 374 g/mol. The maximum absolute atomic E-state index is 10.2. The van der Waals surface area contributed by atoms with Crippen molar-refractivity contribution in [3.8, 4) is 11.5 Å². The highest BCUT2D eigenvalue weighted by molar-refractivity contribution is 7.44. The van der Waals surface area contributed by atoms with Crippen molar-refractivity contribution < 1.29 is 24.4 Å². The maximum atomic E-state index is 10.2. The molecule has 4 rings (SSSR count). The van der Waals surface area contributed by atoms with Gasteiger partial charge in [-0.1, -0.05) is 12.1 Å². The molecule has 0 spiro atoms. The number of benzene rings is 2. The molecule has 26 heavy (non-hydrogen) atoms. The van der Waals surface area contributed by atoms with Crippen LogP contribution in [0.5, 0.6) is 11.5 Å². The predicted octanol–water partition coefficient (Wildman–Crippen LogP) is 3.53. The Hall–Kier alpha value is -1.65. The lowest BCUT2D eigenvalue weighted by atomic mass is 9.86. The summed E-state index contributed by atoms with van der Waals surface area (Å²) in [5, 5.41) is 10.2. The Kier molecular flexibility index (Phi) is 4.89. The number of ether oxygens (including phenoxy) is 2. The molecule has 0 bridgehead atoms. The zero-order valence-corrected chi connectivity index (χ0v) is 15.6. The summed E-state index contributed by atoms with van der Waals surface area (Å²) in [4.78, 5) is 18.1. The van der Waals surface area contributed by atoms with Crippen molar-refractivity contribution in [2.45, 2.75) is 31.6 Å². The predicted molar refractivity (Wildman–Crippen MR) is 99.9 cm³/mol. The van der Waals surface area contributed by atoms with E-state index < -0.39 is 8.38 Å².